The second-order valence-electron chi connectivity index (χ2n) is 4.56. The van der Waals surface area contributed by atoms with Crippen LogP contribution in [0.1, 0.15) is 23.2 Å². The van der Waals surface area contributed by atoms with Gasteiger partial charge in [-0.1, -0.05) is 0 Å². The zero-order valence-electron chi connectivity index (χ0n) is 11.5. The molecule has 1 fully saturated rings. The number of amides is 1. The van der Waals surface area contributed by atoms with E-state index in [1.165, 1.54) is 31.3 Å². The molecule has 6 nitrogen and oxygen atoms in total. The van der Waals surface area contributed by atoms with Gasteiger partial charge >= 0.3 is 5.97 Å². The van der Waals surface area contributed by atoms with Crippen LogP contribution in [0, 0.1) is 0 Å². The van der Waals surface area contributed by atoms with Gasteiger partial charge in [-0.05, 0) is 31.0 Å². The molecular weight excluding hydrogens is 262 g/mol. The van der Waals surface area contributed by atoms with Crippen molar-refractivity contribution in [1.82, 2.24) is 4.90 Å². The van der Waals surface area contributed by atoms with Crippen molar-refractivity contribution >= 4 is 11.9 Å². The third-order valence-corrected chi connectivity index (χ3v) is 3.42. The molecule has 1 saturated heterocycles. The minimum atomic E-state index is -0.585. The molecule has 0 spiro atoms. The zero-order valence-corrected chi connectivity index (χ0v) is 11.5. The monoisotopic (exact) mass is 279 g/mol. The number of hydrogen-bond acceptors (Lipinski definition) is 5. The maximum Gasteiger partial charge on any atom is 0.328 e. The summed E-state index contributed by atoms with van der Waals surface area (Å²) in [6, 6.07) is 3.84. The third-order valence-electron chi connectivity index (χ3n) is 3.42. The van der Waals surface area contributed by atoms with Gasteiger partial charge in [0.25, 0.3) is 5.91 Å². The molecule has 0 aliphatic carbocycles. The van der Waals surface area contributed by atoms with Gasteiger partial charge in [0, 0.05) is 6.54 Å². The Labute approximate surface area is 116 Å². The van der Waals surface area contributed by atoms with Crippen molar-refractivity contribution in [2.24, 2.45) is 0 Å². The van der Waals surface area contributed by atoms with Crippen molar-refractivity contribution in [3.05, 3.63) is 23.8 Å². The fourth-order valence-electron chi connectivity index (χ4n) is 2.36. The average molecular weight is 279 g/mol. The fourth-order valence-corrected chi connectivity index (χ4v) is 2.36. The van der Waals surface area contributed by atoms with E-state index in [1.807, 2.05) is 0 Å². The van der Waals surface area contributed by atoms with Crippen molar-refractivity contribution in [2.45, 2.75) is 18.9 Å². The number of benzene rings is 1. The molecule has 1 amide bonds. The summed E-state index contributed by atoms with van der Waals surface area (Å²) >= 11 is 0. The first-order valence-electron chi connectivity index (χ1n) is 6.34. The Hall–Kier alpha value is -2.24. The van der Waals surface area contributed by atoms with E-state index in [0.717, 1.165) is 6.42 Å². The van der Waals surface area contributed by atoms with Crippen LogP contribution < -0.4 is 4.74 Å². The number of aromatic hydroxyl groups is 1. The molecule has 1 unspecified atom stereocenters. The van der Waals surface area contributed by atoms with Crippen molar-refractivity contribution < 1.29 is 24.2 Å². The number of carbonyl (C=O) groups is 2. The predicted octanol–water partition coefficient (Wildman–Crippen LogP) is 1.18. The Bertz CT molecular complexity index is 528. The van der Waals surface area contributed by atoms with Gasteiger partial charge in [0.1, 0.15) is 17.5 Å². The molecule has 1 aliphatic heterocycles. The maximum absolute atomic E-state index is 12.5. The molecule has 1 aromatic rings. The Morgan fingerprint density at radius 1 is 1.35 bits per heavy atom. The van der Waals surface area contributed by atoms with Crippen LogP contribution in [-0.2, 0) is 9.53 Å². The Morgan fingerprint density at radius 2 is 2.10 bits per heavy atom. The first-order chi connectivity index (χ1) is 9.58. The molecule has 0 radical (unpaired) electrons. The standard InChI is InChI=1S/C14H17NO5/c1-19-9-5-6-12(16)10(8-9)13(17)15-7-3-4-11(15)14(18)20-2/h5-6,8,11,16H,3-4,7H2,1-2H3. The average Bonchev–Trinajstić information content (AvgIpc) is 2.95. The molecule has 1 atom stereocenters. The zero-order chi connectivity index (χ0) is 14.7. The highest BCUT2D eigenvalue weighted by Gasteiger charge is 2.36. The van der Waals surface area contributed by atoms with Crippen LogP contribution in [-0.4, -0.2) is 48.7 Å². The highest BCUT2D eigenvalue weighted by atomic mass is 16.5. The van der Waals surface area contributed by atoms with Gasteiger partial charge in [-0.25, -0.2) is 4.79 Å². The highest BCUT2D eigenvalue weighted by molar-refractivity contribution is 5.99. The van der Waals surface area contributed by atoms with E-state index in [0.29, 0.717) is 18.7 Å². The summed E-state index contributed by atoms with van der Waals surface area (Å²) in [6.45, 7) is 0.468. The molecule has 1 N–H and O–H groups in total. The van der Waals surface area contributed by atoms with Gasteiger partial charge in [0.05, 0.1) is 19.8 Å². The van der Waals surface area contributed by atoms with Gasteiger partial charge in [-0.3, -0.25) is 4.79 Å². The molecule has 6 heteroatoms. The Balaban J connectivity index is 2.28. The largest absolute Gasteiger partial charge is 0.507 e. The molecule has 1 aromatic carbocycles. The quantitative estimate of drug-likeness (QED) is 0.841. The van der Waals surface area contributed by atoms with Crippen LogP contribution in [0.2, 0.25) is 0 Å². The van der Waals surface area contributed by atoms with E-state index in [2.05, 4.69) is 0 Å². The van der Waals surface area contributed by atoms with Crippen LogP contribution in [0.4, 0.5) is 0 Å². The topological polar surface area (TPSA) is 76.1 Å². The Morgan fingerprint density at radius 3 is 2.75 bits per heavy atom. The summed E-state index contributed by atoms with van der Waals surface area (Å²) in [7, 11) is 2.78. The summed E-state index contributed by atoms with van der Waals surface area (Å²) < 4.78 is 9.75. The third kappa shape index (κ3) is 2.54. The van der Waals surface area contributed by atoms with Gasteiger partial charge in [0.2, 0.25) is 0 Å². The first kappa shape index (κ1) is 14.2. The minimum absolute atomic E-state index is 0.125. The molecular formula is C14H17NO5. The van der Waals surface area contributed by atoms with Gasteiger partial charge in [-0.2, -0.15) is 0 Å². The van der Waals surface area contributed by atoms with E-state index in [-0.39, 0.29) is 11.3 Å². The molecule has 0 saturated carbocycles. The van der Waals surface area contributed by atoms with E-state index >= 15 is 0 Å². The van der Waals surface area contributed by atoms with E-state index < -0.39 is 17.9 Å². The number of phenolic OH excluding ortho intramolecular Hbond substituents is 1. The number of methoxy groups -OCH3 is 2. The smallest absolute Gasteiger partial charge is 0.328 e. The lowest BCUT2D eigenvalue weighted by atomic mass is 10.1. The van der Waals surface area contributed by atoms with Crippen LogP contribution in [0.3, 0.4) is 0 Å². The van der Waals surface area contributed by atoms with Crippen molar-refractivity contribution in [1.29, 1.82) is 0 Å². The highest BCUT2D eigenvalue weighted by Crippen LogP contribution is 2.28. The summed E-state index contributed by atoms with van der Waals surface area (Å²) in [5.41, 5.74) is 0.125. The number of rotatable bonds is 3. The summed E-state index contributed by atoms with van der Waals surface area (Å²) in [5.74, 6) is -0.487. The van der Waals surface area contributed by atoms with Crippen molar-refractivity contribution in [3.8, 4) is 11.5 Å². The fraction of sp³-hybridized carbons (Fsp3) is 0.429. The number of hydrogen-bond donors (Lipinski definition) is 1. The number of nitrogens with zero attached hydrogens (tertiary/aromatic N) is 1. The maximum atomic E-state index is 12.5. The van der Waals surface area contributed by atoms with E-state index in [1.54, 1.807) is 6.07 Å². The second kappa shape index (κ2) is 5.81. The van der Waals surface area contributed by atoms with Crippen LogP contribution in [0.15, 0.2) is 18.2 Å². The van der Waals surface area contributed by atoms with Crippen LogP contribution in [0.5, 0.6) is 11.5 Å². The number of esters is 1. The molecule has 1 aliphatic rings. The van der Waals surface area contributed by atoms with Crippen molar-refractivity contribution in [2.75, 3.05) is 20.8 Å². The number of likely N-dealkylation sites (tertiary alicyclic amines) is 1. The predicted molar refractivity (Wildman–Crippen MR) is 70.7 cm³/mol. The number of ether oxygens (including phenoxy) is 2. The summed E-state index contributed by atoms with van der Waals surface area (Å²) in [5, 5.41) is 9.82. The first-order valence-corrected chi connectivity index (χ1v) is 6.34. The minimum Gasteiger partial charge on any atom is -0.507 e. The lowest BCUT2D eigenvalue weighted by Gasteiger charge is -2.23. The van der Waals surface area contributed by atoms with Gasteiger partial charge < -0.3 is 19.5 Å². The molecule has 0 aromatic heterocycles. The van der Waals surface area contributed by atoms with Gasteiger partial charge in [0.15, 0.2) is 0 Å². The molecule has 2 rings (SSSR count). The van der Waals surface area contributed by atoms with Crippen molar-refractivity contribution in [3.63, 3.8) is 0 Å². The second-order valence-corrected chi connectivity index (χ2v) is 4.56. The van der Waals surface area contributed by atoms with Crippen LogP contribution in [0.25, 0.3) is 0 Å². The Kier molecular flexibility index (Phi) is 4.12. The lowest BCUT2D eigenvalue weighted by Crippen LogP contribution is -2.41. The molecule has 108 valence electrons. The van der Waals surface area contributed by atoms with E-state index in [4.69, 9.17) is 9.47 Å². The molecule has 1 heterocycles. The van der Waals surface area contributed by atoms with E-state index in [9.17, 15) is 14.7 Å². The van der Waals surface area contributed by atoms with Crippen LogP contribution >= 0.6 is 0 Å². The lowest BCUT2D eigenvalue weighted by molar-refractivity contribution is -0.145. The molecule has 20 heavy (non-hydrogen) atoms. The molecule has 0 bridgehead atoms. The normalized spacial score (nSPS) is 17.9. The number of carbonyl (C=O) groups excluding carboxylic acids is 2. The summed E-state index contributed by atoms with van der Waals surface area (Å²) in [6.07, 6.45) is 1.30. The van der Waals surface area contributed by atoms with Gasteiger partial charge in [-0.15, -0.1) is 0 Å². The number of phenols is 1. The SMILES string of the molecule is COC(=O)C1CCCN1C(=O)c1cc(OC)ccc1O. The summed E-state index contributed by atoms with van der Waals surface area (Å²) in [4.78, 5) is 25.6.